The van der Waals surface area contributed by atoms with Gasteiger partial charge in [0.2, 0.25) is 5.91 Å². The number of β-amino-alcohol motifs (C(OH)–C–C–N with tert-alkyl or cyclic N) is 1. The van der Waals surface area contributed by atoms with Crippen molar-refractivity contribution in [3.05, 3.63) is 59.7 Å². The average molecular weight is 789 g/mol. The van der Waals surface area contributed by atoms with Gasteiger partial charge in [-0.05, 0) is 97.4 Å². The predicted octanol–water partition coefficient (Wildman–Crippen LogP) is 6.15. The number of carbonyl (C=O) groups excluding carboxylic acids is 3. The molecule has 12 nitrogen and oxygen atoms in total. The van der Waals surface area contributed by atoms with Crippen molar-refractivity contribution in [1.82, 2.24) is 20.6 Å². The summed E-state index contributed by atoms with van der Waals surface area (Å²) in [5.41, 5.74) is 0.304. The molecule has 0 bridgehead atoms. The number of aliphatic hydroxyl groups excluding tert-OH is 1. The van der Waals surface area contributed by atoms with Crippen molar-refractivity contribution < 1.29 is 38.1 Å². The number of aliphatic hydroxyl groups is 1. The number of thioether (sulfide) groups is 1. The lowest BCUT2D eigenvalue weighted by atomic mass is 9.72. The summed E-state index contributed by atoms with van der Waals surface area (Å²) in [6, 6.07) is 12.6. The SMILES string of the molecule is COCP(=O)(NC(C)C(=O)OC(C)C)Oc1cccc(C(=O)N[C@@H](CSc2ccccc2)[C@H](O)CN2C[C@H]3CCCCC3C[C@H]2C(=O)NC(C)(C)C)c1C. The van der Waals surface area contributed by atoms with E-state index in [1.807, 2.05) is 51.1 Å². The van der Waals surface area contributed by atoms with Crippen molar-refractivity contribution in [2.24, 2.45) is 11.8 Å². The van der Waals surface area contributed by atoms with Crippen LogP contribution in [0.3, 0.4) is 0 Å². The van der Waals surface area contributed by atoms with Crippen LogP contribution in [-0.2, 0) is 23.6 Å². The molecule has 1 saturated carbocycles. The molecule has 1 aliphatic heterocycles. The number of rotatable bonds is 17. The number of piperidine rings is 1. The summed E-state index contributed by atoms with van der Waals surface area (Å²) < 4.78 is 30.3. The van der Waals surface area contributed by atoms with Crippen LogP contribution in [0.25, 0.3) is 0 Å². The number of hydrogen-bond donors (Lipinski definition) is 4. The predicted molar refractivity (Wildman–Crippen MR) is 213 cm³/mol. The van der Waals surface area contributed by atoms with E-state index in [2.05, 4.69) is 20.6 Å². The molecule has 2 aliphatic rings. The Morgan fingerprint density at radius 3 is 2.35 bits per heavy atom. The Morgan fingerprint density at radius 2 is 1.70 bits per heavy atom. The monoisotopic (exact) mass is 788 g/mol. The second-order valence-corrected chi connectivity index (χ2v) is 19.1. The van der Waals surface area contributed by atoms with Crippen LogP contribution in [0.1, 0.15) is 89.6 Å². The minimum Gasteiger partial charge on any atom is -0.462 e. The first-order chi connectivity index (χ1) is 25.5. The van der Waals surface area contributed by atoms with Crippen LogP contribution in [0.4, 0.5) is 0 Å². The van der Waals surface area contributed by atoms with E-state index in [4.69, 9.17) is 14.0 Å². The number of ether oxygens (including phenoxy) is 2. The lowest BCUT2D eigenvalue weighted by Crippen LogP contribution is -2.60. The van der Waals surface area contributed by atoms with Gasteiger partial charge >= 0.3 is 13.5 Å². The largest absolute Gasteiger partial charge is 0.462 e. The van der Waals surface area contributed by atoms with E-state index in [-0.39, 0.29) is 42.3 Å². The molecule has 2 amide bonds. The third-order valence-electron chi connectivity index (χ3n) is 9.85. The lowest BCUT2D eigenvalue weighted by molar-refractivity contribution is -0.149. The van der Waals surface area contributed by atoms with E-state index >= 15 is 0 Å². The van der Waals surface area contributed by atoms with Crippen molar-refractivity contribution in [3.63, 3.8) is 0 Å². The smallest absolute Gasteiger partial charge is 0.342 e. The van der Waals surface area contributed by atoms with Crippen molar-refractivity contribution in [3.8, 4) is 5.75 Å². The van der Waals surface area contributed by atoms with Crippen LogP contribution in [0.15, 0.2) is 53.4 Å². The quantitative estimate of drug-likeness (QED) is 0.0830. The first-order valence-corrected chi connectivity index (χ1v) is 21.9. The van der Waals surface area contributed by atoms with Crippen LogP contribution >= 0.6 is 19.3 Å². The highest BCUT2D eigenvalue weighted by molar-refractivity contribution is 7.99. The van der Waals surface area contributed by atoms with Crippen LogP contribution in [-0.4, -0.2) is 96.0 Å². The van der Waals surface area contributed by atoms with Crippen LogP contribution in [0.5, 0.6) is 5.75 Å². The first kappa shape index (κ1) is 43.8. The van der Waals surface area contributed by atoms with Gasteiger partial charge in [-0.3, -0.25) is 23.8 Å². The van der Waals surface area contributed by atoms with E-state index in [1.54, 1.807) is 39.0 Å². The zero-order valence-electron chi connectivity index (χ0n) is 33.1. The highest BCUT2D eigenvalue weighted by atomic mass is 32.2. The fourth-order valence-electron chi connectivity index (χ4n) is 7.25. The molecule has 4 rings (SSSR count). The van der Waals surface area contributed by atoms with Crippen LogP contribution in [0, 0.1) is 18.8 Å². The van der Waals surface area contributed by atoms with Crippen LogP contribution < -0.4 is 20.2 Å². The molecule has 1 saturated heterocycles. The highest BCUT2D eigenvalue weighted by Crippen LogP contribution is 2.45. The van der Waals surface area contributed by atoms with Gasteiger partial charge in [0.05, 0.1) is 24.3 Å². The Hall–Kier alpha value is -2.93. The molecule has 2 aromatic carbocycles. The van der Waals surface area contributed by atoms with Crippen LogP contribution in [0.2, 0.25) is 0 Å². The Morgan fingerprint density at radius 1 is 1.02 bits per heavy atom. The second kappa shape index (κ2) is 19.8. The normalized spacial score (nSPS) is 21.9. The fraction of sp³-hybridized carbons (Fsp3) is 0.625. The van der Waals surface area contributed by atoms with Gasteiger partial charge in [-0.15, -0.1) is 11.8 Å². The van der Waals surface area contributed by atoms with Crippen molar-refractivity contribution in [1.29, 1.82) is 0 Å². The van der Waals surface area contributed by atoms with Crippen molar-refractivity contribution in [2.45, 2.75) is 121 Å². The summed E-state index contributed by atoms with van der Waals surface area (Å²) in [4.78, 5) is 43.4. The Labute approximate surface area is 325 Å². The maximum absolute atomic E-state index is 14.1. The highest BCUT2D eigenvalue weighted by Gasteiger charge is 2.42. The van der Waals surface area contributed by atoms with Gasteiger partial charge in [0.15, 0.2) is 0 Å². The number of esters is 1. The van der Waals surface area contributed by atoms with Gasteiger partial charge in [-0.1, -0.05) is 43.5 Å². The minimum absolute atomic E-state index is 0.0307. The number of nitrogens with zero attached hydrogens (tertiary/aromatic N) is 1. The summed E-state index contributed by atoms with van der Waals surface area (Å²) >= 11 is 1.53. The number of fused-ring (bicyclic) bond motifs is 1. The average Bonchev–Trinajstić information content (AvgIpc) is 3.10. The maximum atomic E-state index is 14.1. The molecule has 54 heavy (non-hydrogen) atoms. The third kappa shape index (κ3) is 12.8. The summed E-state index contributed by atoms with van der Waals surface area (Å²) in [6.45, 7) is 13.5. The summed E-state index contributed by atoms with van der Waals surface area (Å²) in [7, 11) is -2.43. The molecule has 1 heterocycles. The van der Waals surface area contributed by atoms with Gasteiger partial charge in [0.25, 0.3) is 5.91 Å². The van der Waals surface area contributed by atoms with Crippen molar-refractivity contribution >= 4 is 37.1 Å². The first-order valence-electron chi connectivity index (χ1n) is 19.1. The molecule has 300 valence electrons. The third-order valence-corrected chi connectivity index (χ3v) is 12.8. The van der Waals surface area contributed by atoms with Gasteiger partial charge in [-0.25, -0.2) is 5.09 Å². The number of benzene rings is 2. The lowest BCUT2D eigenvalue weighted by Gasteiger charge is -2.47. The standard InChI is InChI=1S/C40H61N4O8PS/c1-26(2)51-39(48)28(4)43-53(49,25-50-8)52-36-20-14-19-32(27(36)3)37(46)41-33(24-54-31-17-10-9-11-18-31)35(45)23-44-22-30-16-13-12-15-29(30)21-34(44)38(47)42-40(5,6)7/h9-11,14,17-20,26,28-30,33-35,45H,12-13,15-16,21-25H2,1-8H3,(H,41,46)(H,42,47)(H,43,49)/t28?,29?,30-,33+,34+,35-,53?/m1/s1. The topological polar surface area (TPSA) is 156 Å². The van der Waals surface area contributed by atoms with Gasteiger partial charge < -0.3 is 29.7 Å². The number of methoxy groups -OCH3 is 1. The summed E-state index contributed by atoms with van der Waals surface area (Å²) in [6.07, 6.45) is 3.66. The molecular weight excluding hydrogens is 728 g/mol. The Balaban J connectivity index is 1.56. The molecule has 4 N–H and O–H groups in total. The number of carbonyl (C=O) groups is 3. The molecule has 7 atom stereocenters. The van der Waals surface area contributed by atoms with E-state index in [1.165, 1.54) is 38.6 Å². The maximum Gasteiger partial charge on any atom is 0.342 e. The molecule has 0 radical (unpaired) electrons. The molecule has 2 fully saturated rings. The van der Waals surface area contributed by atoms with E-state index < -0.39 is 43.1 Å². The molecular formula is C40H61N4O8PS. The van der Waals surface area contributed by atoms with E-state index in [0.29, 0.717) is 23.2 Å². The number of likely N-dealkylation sites (tertiary alicyclic amines) is 1. The number of nitrogens with one attached hydrogen (secondary N) is 3. The molecule has 0 spiro atoms. The molecule has 0 aromatic heterocycles. The zero-order chi connectivity index (χ0) is 39.6. The van der Waals surface area contributed by atoms with E-state index in [9.17, 15) is 24.1 Å². The minimum atomic E-state index is -3.80. The van der Waals surface area contributed by atoms with Gasteiger partial charge in [0.1, 0.15) is 18.1 Å². The summed E-state index contributed by atoms with van der Waals surface area (Å²) in [5, 5.41) is 21.0. The Bertz CT molecular complexity index is 1610. The summed E-state index contributed by atoms with van der Waals surface area (Å²) in [5.74, 6) is 0.451. The van der Waals surface area contributed by atoms with Gasteiger partial charge in [-0.2, -0.15) is 0 Å². The number of amides is 2. The Kier molecular flexibility index (Phi) is 16.0. The molecule has 1 aliphatic carbocycles. The second-order valence-electron chi connectivity index (χ2n) is 16.0. The van der Waals surface area contributed by atoms with Gasteiger partial charge in [0, 0.05) is 47.5 Å². The van der Waals surface area contributed by atoms with Crippen molar-refractivity contribution in [2.75, 3.05) is 32.3 Å². The molecule has 3 unspecified atom stereocenters. The zero-order valence-corrected chi connectivity index (χ0v) is 34.8. The molecule has 2 aromatic rings. The molecule has 14 heteroatoms. The fourth-order valence-corrected chi connectivity index (χ4v) is 10.0. The van der Waals surface area contributed by atoms with E-state index in [0.717, 1.165) is 30.7 Å². The number of hydrogen-bond acceptors (Lipinski definition) is 10.